The second kappa shape index (κ2) is 7.05. The number of hydrogen-bond donors (Lipinski definition) is 1. The Morgan fingerprint density at radius 3 is 2.43 bits per heavy atom. The minimum atomic E-state index is 0.0433. The van der Waals surface area contributed by atoms with Gasteiger partial charge in [-0.25, -0.2) is 4.98 Å². The van der Waals surface area contributed by atoms with Gasteiger partial charge in [0.15, 0.2) is 0 Å². The van der Waals surface area contributed by atoms with Gasteiger partial charge in [-0.1, -0.05) is 48.2 Å². The number of carbonyl (C=O) groups excluding carboxylic acids is 1. The summed E-state index contributed by atoms with van der Waals surface area (Å²) in [6.45, 7) is 0.852. The molecule has 5 rings (SSSR count). The van der Waals surface area contributed by atoms with E-state index >= 15 is 0 Å². The molecule has 0 spiro atoms. The topological polar surface area (TPSA) is 52.2 Å². The maximum absolute atomic E-state index is 12.6. The normalized spacial score (nSPS) is 14.2. The van der Waals surface area contributed by atoms with Crippen LogP contribution in [0.2, 0.25) is 0 Å². The van der Waals surface area contributed by atoms with Gasteiger partial charge in [-0.15, -0.1) is 0 Å². The number of nitrogens with one attached hydrogen (secondary N) is 1. The second-order valence-corrected chi connectivity index (χ2v) is 7.80. The molecule has 1 aliphatic heterocycles. The summed E-state index contributed by atoms with van der Waals surface area (Å²) < 4.78 is 0. The highest BCUT2D eigenvalue weighted by atomic mass is 32.2. The predicted molar refractivity (Wildman–Crippen MR) is 113 cm³/mol. The van der Waals surface area contributed by atoms with Gasteiger partial charge in [0.2, 0.25) is 11.9 Å². The van der Waals surface area contributed by atoms with Gasteiger partial charge in [-0.2, -0.15) is 0 Å². The van der Waals surface area contributed by atoms with E-state index in [0.717, 1.165) is 21.6 Å². The number of para-hydroxylation sites is 1. The molecule has 0 unspecified atom stereocenters. The van der Waals surface area contributed by atoms with E-state index in [0.29, 0.717) is 19.2 Å². The van der Waals surface area contributed by atoms with Gasteiger partial charge in [-0.3, -0.25) is 9.69 Å². The van der Waals surface area contributed by atoms with E-state index in [1.165, 1.54) is 4.90 Å². The van der Waals surface area contributed by atoms with Crippen LogP contribution in [0.5, 0.6) is 0 Å². The van der Waals surface area contributed by atoms with Crippen LogP contribution in [0, 0.1) is 0 Å². The molecule has 28 heavy (non-hydrogen) atoms. The lowest BCUT2D eigenvalue weighted by Gasteiger charge is -2.17. The number of aromatic nitrogens is 2. The fourth-order valence-electron chi connectivity index (χ4n) is 3.34. The van der Waals surface area contributed by atoms with Crippen LogP contribution >= 0.6 is 11.8 Å². The molecular formula is C22H18N4OS. The monoisotopic (exact) mass is 386 g/mol. The Hall–Kier alpha value is -3.25. The van der Waals surface area contributed by atoms with Gasteiger partial charge in [0, 0.05) is 15.5 Å². The fraction of sp³-hybridized carbons (Fsp3) is 0.0909. The molecule has 1 saturated heterocycles. The quantitative estimate of drug-likeness (QED) is 0.560. The molecule has 0 atom stereocenters. The summed E-state index contributed by atoms with van der Waals surface area (Å²) in [5.74, 6) is 0.641. The Morgan fingerprint density at radius 1 is 0.893 bits per heavy atom. The van der Waals surface area contributed by atoms with Gasteiger partial charge in [0.1, 0.15) is 6.67 Å². The molecule has 4 aromatic rings. The van der Waals surface area contributed by atoms with E-state index in [-0.39, 0.29) is 5.91 Å². The van der Waals surface area contributed by atoms with Gasteiger partial charge >= 0.3 is 0 Å². The Bertz CT molecular complexity index is 1130. The average Bonchev–Trinajstić information content (AvgIpc) is 3.32. The SMILES string of the molecule is O=C1CN(c2ccccc2)CN1c1nc2ccc(Sc3ccccc3)cc2[nH]1. The third-order valence-corrected chi connectivity index (χ3v) is 5.73. The van der Waals surface area contributed by atoms with E-state index in [4.69, 9.17) is 0 Å². The molecule has 3 aromatic carbocycles. The van der Waals surface area contributed by atoms with Gasteiger partial charge in [0.25, 0.3) is 0 Å². The van der Waals surface area contributed by atoms with Crippen molar-refractivity contribution < 1.29 is 4.79 Å². The number of benzene rings is 3. The van der Waals surface area contributed by atoms with Gasteiger partial charge in [0.05, 0.1) is 17.6 Å². The first-order valence-electron chi connectivity index (χ1n) is 9.09. The summed E-state index contributed by atoms with van der Waals surface area (Å²) in [5, 5.41) is 0. The standard InChI is InChI=1S/C22H18N4OS/c27-21-14-25(16-7-3-1-4-8-16)15-26(21)22-23-19-12-11-18(13-20(19)24-22)28-17-9-5-2-6-10-17/h1-13H,14-15H2,(H,23,24). The zero-order chi connectivity index (χ0) is 18.9. The van der Waals surface area contributed by atoms with Crippen molar-refractivity contribution in [2.45, 2.75) is 9.79 Å². The van der Waals surface area contributed by atoms with E-state index in [9.17, 15) is 4.79 Å². The van der Waals surface area contributed by atoms with Crippen molar-refractivity contribution in [3.63, 3.8) is 0 Å². The number of rotatable bonds is 4. The van der Waals surface area contributed by atoms with E-state index in [2.05, 4.69) is 34.2 Å². The number of H-pyrrole nitrogens is 1. The van der Waals surface area contributed by atoms with Crippen LogP contribution in [-0.4, -0.2) is 29.1 Å². The molecule has 0 radical (unpaired) electrons. The highest BCUT2D eigenvalue weighted by Crippen LogP contribution is 2.31. The Labute approximate surface area is 167 Å². The van der Waals surface area contributed by atoms with Gasteiger partial charge in [-0.05, 0) is 42.5 Å². The molecule has 1 N–H and O–H groups in total. The summed E-state index contributed by atoms with van der Waals surface area (Å²) in [4.78, 5) is 26.6. The molecule has 1 amide bonds. The summed E-state index contributed by atoms with van der Waals surface area (Å²) in [5.41, 5.74) is 2.83. The van der Waals surface area contributed by atoms with Crippen molar-refractivity contribution in [2.75, 3.05) is 23.0 Å². The van der Waals surface area contributed by atoms with Crippen molar-refractivity contribution in [2.24, 2.45) is 0 Å². The molecule has 1 fully saturated rings. The lowest BCUT2D eigenvalue weighted by molar-refractivity contribution is -0.116. The molecule has 1 aliphatic rings. The highest BCUT2D eigenvalue weighted by Gasteiger charge is 2.30. The molecular weight excluding hydrogens is 368 g/mol. The Balaban J connectivity index is 1.40. The van der Waals surface area contributed by atoms with Crippen LogP contribution in [-0.2, 0) is 4.79 Å². The number of aromatic amines is 1. The molecule has 6 heteroatoms. The summed E-state index contributed by atoms with van der Waals surface area (Å²) in [6.07, 6.45) is 0. The van der Waals surface area contributed by atoms with Crippen molar-refractivity contribution >= 4 is 40.3 Å². The number of anilines is 2. The molecule has 138 valence electrons. The number of nitrogens with zero attached hydrogens (tertiary/aromatic N) is 3. The minimum absolute atomic E-state index is 0.0433. The number of imidazole rings is 1. The third kappa shape index (κ3) is 3.23. The molecule has 0 bridgehead atoms. The average molecular weight is 386 g/mol. The van der Waals surface area contributed by atoms with Crippen molar-refractivity contribution in [1.29, 1.82) is 0 Å². The largest absolute Gasteiger partial charge is 0.344 e. The first-order valence-corrected chi connectivity index (χ1v) is 9.91. The molecule has 1 aromatic heterocycles. The van der Waals surface area contributed by atoms with Crippen LogP contribution in [0.15, 0.2) is 88.7 Å². The van der Waals surface area contributed by atoms with E-state index < -0.39 is 0 Å². The van der Waals surface area contributed by atoms with Crippen LogP contribution in [0.25, 0.3) is 11.0 Å². The Morgan fingerprint density at radius 2 is 1.64 bits per heavy atom. The van der Waals surface area contributed by atoms with E-state index in [1.54, 1.807) is 16.7 Å². The molecule has 0 saturated carbocycles. The number of hydrogen-bond acceptors (Lipinski definition) is 4. The Kier molecular flexibility index (Phi) is 4.25. The highest BCUT2D eigenvalue weighted by molar-refractivity contribution is 7.99. The first kappa shape index (κ1) is 16.9. The zero-order valence-electron chi connectivity index (χ0n) is 15.1. The zero-order valence-corrected chi connectivity index (χ0v) is 15.9. The summed E-state index contributed by atoms with van der Waals surface area (Å²) in [7, 11) is 0. The third-order valence-electron chi connectivity index (χ3n) is 4.74. The van der Waals surface area contributed by atoms with Crippen LogP contribution in [0.4, 0.5) is 11.6 Å². The van der Waals surface area contributed by atoms with Crippen LogP contribution in [0.1, 0.15) is 0 Å². The maximum Gasteiger partial charge on any atom is 0.250 e. The van der Waals surface area contributed by atoms with E-state index in [1.807, 2.05) is 59.5 Å². The maximum atomic E-state index is 12.6. The molecule has 0 aliphatic carbocycles. The number of amides is 1. The van der Waals surface area contributed by atoms with Crippen LogP contribution < -0.4 is 9.80 Å². The number of carbonyl (C=O) groups is 1. The summed E-state index contributed by atoms with van der Waals surface area (Å²) >= 11 is 1.71. The first-order chi connectivity index (χ1) is 13.8. The summed E-state index contributed by atoms with van der Waals surface area (Å²) in [6, 6.07) is 26.4. The molecule has 2 heterocycles. The van der Waals surface area contributed by atoms with Gasteiger partial charge < -0.3 is 9.88 Å². The number of fused-ring (bicyclic) bond motifs is 1. The van der Waals surface area contributed by atoms with Crippen molar-refractivity contribution in [1.82, 2.24) is 9.97 Å². The fourth-order valence-corrected chi connectivity index (χ4v) is 4.21. The second-order valence-electron chi connectivity index (χ2n) is 6.65. The lowest BCUT2D eigenvalue weighted by atomic mass is 10.3. The molecule has 5 nitrogen and oxygen atoms in total. The van der Waals surface area contributed by atoms with Crippen molar-refractivity contribution in [3.8, 4) is 0 Å². The minimum Gasteiger partial charge on any atom is -0.344 e. The van der Waals surface area contributed by atoms with Crippen molar-refractivity contribution in [3.05, 3.63) is 78.9 Å². The predicted octanol–water partition coefficient (Wildman–Crippen LogP) is 4.52. The van der Waals surface area contributed by atoms with Crippen LogP contribution in [0.3, 0.4) is 0 Å². The smallest absolute Gasteiger partial charge is 0.250 e. The lowest BCUT2D eigenvalue weighted by Crippen LogP contribution is -2.27.